The number of nitrogens with zero attached hydrogens (tertiary/aromatic N) is 1. The van der Waals surface area contributed by atoms with Crippen molar-refractivity contribution in [2.75, 3.05) is 13.7 Å². The first-order chi connectivity index (χ1) is 14.0. The second-order valence-corrected chi connectivity index (χ2v) is 7.34. The van der Waals surface area contributed by atoms with Crippen LogP contribution >= 0.6 is 0 Å². The Balaban J connectivity index is 1.98. The summed E-state index contributed by atoms with van der Waals surface area (Å²) in [5.41, 5.74) is 9.68. The minimum absolute atomic E-state index is 0.206. The minimum atomic E-state index is -0.338. The summed E-state index contributed by atoms with van der Waals surface area (Å²) >= 11 is 0. The summed E-state index contributed by atoms with van der Waals surface area (Å²) in [6.45, 7) is 5.61. The molecular weight excluding hydrogens is 364 g/mol. The van der Waals surface area contributed by atoms with E-state index in [-0.39, 0.29) is 12.3 Å². The Kier molecular flexibility index (Phi) is 6.81. The van der Waals surface area contributed by atoms with Gasteiger partial charge in [0.1, 0.15) is 11.5 Å². The van der Waals surface area contributed by atoms with E-state index in [0.29, 0.717) is 6.54 Å². The molecule has 0 radical (unpaired) electrons. The van der Waals surface area contributed by atoms with Crippen LogP contribution in [0.15, 0.2) is 42.5 Å². The number of para-hydroxylation sites is 1. The average molecular weight is 395 g/mol. The number of amides is 1. The molecule has 0 bridgehead atoms. The van der Waals surface area contributed by atoms with E-state index in [1.165, 1.54) is 12.8 Å². The number of benzene rings is 2. The van der Waals surface area contributed by atoms with Gasteiger partial charge in [0.05, 0.1) is 26.7 Å². The van der Waals surface area contributed by atoms with E-state index in [1.807, 2.05) is 43.3 Å². The standard InChI is InChI=1S/C24H30N2O3/c1-4-5-8-13-29-23-10-7-6-9-18(23)16-26-17(2)20(15-24(25)27)21-14-19(28-3)11-12-22(21)26/h6-7,9-12,14H,4-5,8,13,15-16H2,1-3H3,(H2,25,27). The topological polar surface area (TPSA) is 66.5 Å². The maximum Gasteiger partial charge on any atom is 0.221 e. The average Bonchev–Trinajstić information content (AvgIpc) is 2.97. The van der Waals surface area contributed by atoms with Crippen molar-refractivity contribution in [2.24, 2.45) is 5.73 Å². The van der Waals surface area contributed by atoms with Gasteiger partial charge in [-0.1, -0.05) is 38.0 Å². The summed E-state index contributed by atoms with van der Waals surface area (Å²) in [6, 6.07) is 14.1. The number of primary amides is 1. The number of ether oxygens (including phenoxy) is 2. The Hall–Kier alpha value is -2.95. The van der Waals surface area contributed by atoms with E-state index < -0.39 is 0 Å². The molecule has 0 spiro atoms. The summed E-state index contributed by atoms with van der Waals surface area (Å²) < 4.78 is 13.7. The molecule has 0 aliphatic carbocycles. The molecule has 29 heavy (non-hydrogen) atoms. The number of hydrogen-bond acceptors (Lipinski definition) is 3. The van der Waals surface area contributed by atoms with Gasteiger partial charge in [0.2, 0.25) is 5.91 Å². The summed E-state index contributed by atoms with van der Waals surface area (Å²) in [5.74, 6) is 1.34. The number of carbonyl (C=O) groups excluding carboxylic acids is 1. The fraction of sp³-hybridized carbons (Fsp3) is 0.375. The molecule has 5 nitrogen and oxygen atoms in total. The van der Waals surface area contributed by atoms with Crippen molar-refractivity contribution < 1.29 is 14.3 Å². The Morgan fingerprint density at radius 2 is 1.93 bits per heavy atom. The van der Waals surface area contributed by atoms with E-state index in [4.69, 9.17) is 15.2 Å². The second kappa shape index (κ2) is 9.50. The fourth-order valence-electron chi connectivity index (χ4n) is 3.74. The van der Waals surface area contributed by atoms with Crippen molar-refractivity contribution >= 4 is 16.8 Å². The minimum Gasteiger partial charge on any atom is -0.497 e. The zero-order valence-corrected chi connectivity index (χ0v) is 17.5. The van der Waals surface area contributed by atoms with Gasteiger partial charge >= 0.3 is 0 Å². The molecule has 1 aromatic heterocycles. The van der Waals surface area contributed by atoms with Crippen LogP contribution in [0.4, 0.5) is 0 Å². The lowest BCUT2D eigenvalue weighted by atomic mass is 10.1. The molecule has 154 valence electrons. The SMILES string of the molecule is CCCCCOc1ccccc1Cn1c(C)c(CC(N)=O)c2cc(OC)ccc21. The molecule has 2 N–H and O–H groups in total. The lowest BCUT2D eigenvalue weighted by molar-refractivity contribution is -0.117. The third-order valence-electron chi connectivity index (χ3n) is 5.32. The first kappa shape index (κ1) is 20.8. The summed E-state index contributed by atoms with van der Waals surface area (Å²) in [5, 5.41) is 1.00. The van der Waals surface area contributed by atoms with E-state index in [0.717, 1.165) is 52.3 Å². The number of fused-ring (bicyclic) bond motifs is 1. The highest BCUT2D eigenvalue weighted by Crippen LogP contribution is 2.31. The highest BCUT2D eigenvalue weighted by atomic mass is 16.5. The van der Waals surface area contributed by atoms with Crippen LogP contribution in [0.5, 0.6) is 11.5 Å². The largest absolute Gasteiger partial charge is 0.497 e. The Morgan fingerprint density at radius 1 is 1.14 bits per heavy atom. The third-order valence-corrected chi connectivity index (χ3v) is 5.32. The lowest BCUT2D eigenvalue weighted by Gasteiger charge is -2.14. The Bertz CT molecular complexity index is 991. The molecule has 0 saturated carbocycles. The molecular formula is C24H30N2O3. The van der Waals surface area contributed by atoms with E-state index in [1.54, 1.807) is 7.11 Å². The molecule has 5 heteroatoms. The summed E-state index contributed by atoms with van der Waals surface area (Å²) in [4.78, 5) is 11.7. The molecule has 0 fully saturated rings. The van der Waals surface area contributed by atoms with Crippen LogP contribution in [-0.4, -0.2) is 24.2 Å². The maximum atomic E-state index is 11.7. The molecule has 3 aromatic rings. The molecule has 0 aliphatic rings. The first-order valence-corrected chi connectivity index (χ1v) is 10.2. The second-order valence-electron chi connectivity index (χ2n) is 7.34. The number of hydrogen-bond donors (Lipinski definition) is 1. The number of aromatic nitrogens is 1. The van der Waals surface area contributed by atoms with Gasteiger partial charge in [-0.25, -0.2) is 0 Å². The number of methoxy groups -OCH3 is 1. The van der Waals surface area contributed by atoms with Gasteiger partial charge in [0.25, 0.3) is 0 Å². The van der Waals surface area contributed by atoms with Gasteiger partial charge in [0, 0.05) is 22.2 Å². The predicted octanol–water partition coefficient (Wildman–Crippen LogP) is 4.60. The zero-order valence-electron chi connectivity index (χ0n) is 17.5. The van der Waals surface area contributed by atoms with Crippen LogP contribution < -0.4 is 15.2 Å². The Labute approximate surface area is 172 Å². The smallest absolute Gasteiger partial charge is 0.221 e. The van der Waals surface area contributed by atoms with Gasteiger partial charge in [-0.05, 0) is 43.2 Å². The molecule has 3 rings (SSSR count). The van der Waals surface area contributed by atoms with Crippen LogP contribution in [0, 0.1) is 6.92 Å². The van der Waals surface area contributed by atoms with Crippen LogP contribution in [0.3, 0.4) is 0 Å². The lowest BCUT2D eigenvalue weighted by Crippen LogP contribution is -2.14. The van der Waals surface area contributed by atoms with Gasteiger partial charge in [-0.3, -0.25) is 4.79 Å². The number of unbranched alkanes of at least 4 members (excludes halogenated alkanes) is 2. The van der Waals surface area contributed by atoms with Gasteiger partial charge < -0.3 is 19.8 Å². The van der Waals surface area contributed by atoms with Crippen molar-refractivity contribution in [2.45, 2.75) is 46.1 Å². The normalized spacial score (nSPS) is 11.0. The number of carbonyl (C=O) groups is 1. The fourth-order valence-corrected chi connectivity index (χ4v) is 3.74. The first-order valence-electron chi connectivity index (χ1n) is 10.2. The molecule has 1 amide bonds. The molecule has 0 unspecified atom stereocenters. The van der Waals surface area contributed by atoms with E-state index in [9.17, 15) is 4.79 Å². The summed E-state index contributed by atoms with van der Waals surface area (Å²) in [6.07, 6.45) is 3.60. The monoisotopic (exact) mass is 394 g/mol. The van der Waals surface area contributed by atoms with Crippen molar-refractivity contribution in [1.29, 1.82) is 0 Å². The molecule has 0 aliphatic heterocycles. The Morgan fingerprint density at radius 3 is 2.66 bits per heavy atom. The van der Waals surface area contributed by atoms with Gasteiger partial charge in [-0.2, -0.15) is 0 Å². The summed E-state index contributed by atoms with van der Waals surface area (Å²) in [7, 11) is 1.64. The highest BCUT2D eigenvalue weighted by Gasteiger charge is 2.17. The van der Waals surface area contributed by atoms with Gasteiger partial charge in [-0.15, -0.1) is 0 Å². The van der Waals surface area contributed by atoms with Gasteiger partial charge in [0.15, 0.2) is 0 Å². The van der Waals surface area contributed by atoms with Crippen LogP contribution in [0.1, 0.15) is 43.0 Å². The molecule has 0 atom stereocenters. The molecule has 2 aromatic carbocycles. The van der Waals surface area contributed by atoms with Crippen LogP contribution in [0.25, 0.3) is 10.9 Å². The predicted molar refractivity (Wildman–Crippen MR) is 117 cm³/mol. The number of rotatable bonds is 10. The molecule has 1 heterocycles. The van der Waals surface area contributed by atoms with Crippen molar-refractivity contribution in [1.82, 2.24) is 4.57 Å². The van der Waals surface area contributed by atoms with Crippen molar-refractivity contribution in [3.63, 3.8) is 0 Å². The zero-order chi connectivity index (χ0) is 20.8. The van der Waals surface area contributed by atoms with Crippen molar-refractivity contribution in [3.05, 3.63) is 59.3 Å². The quantitative estimate of drug-likeness (QED) is 0.511. The number of nitrogens with two attached hydrogens (primary N) is 1. The maximum absolute atomic E-state index is 11.7. The van der Waals surface area contributed by atoms with Crippen LogP contribution in [0.2, 0.25) is 0 Å². The van der Waals surface area contributed by atoms with E-state index in [2.05, 4.69) is 17.6 Å². The highest BCUT2D eigenvalue weighted by molar-refractivity contribution is 5.91. The van der Waals surface area contributed by atoms with Crippen molar-refractivity contribution in [3.8, 4) is 11.5 Å². The van der Waals surface area contributed by atoms with Crippen LogP contribution in [-0.2, 0) is 17.8 Å². The van der Waals surface area contributed by atoms with E-state index >= 15 is 0 Å². The molecule has 0 saturated heterocycles. The third kappa shape index (κ3) is 4.73.